The van der Waals surface area contributed by atoms with Gasteiger partial charge in [-0.15, -0.1) is 0 Å². The summed E-state index contributed by atoms with van der Waals surface area (Å²) in [6.07, 6.45) is 1.50. The second-order valence-corrected chi connectivity index (χ2v) is 12.8. The maximum Gasteiger partial charge on any atom is 0.415 e. The number of benzene rings is 1. The largest absolute Gasteiger partial charge is 0.415 e. The normalized spacial score (nSPS) is 11.2. The molecule has 0 saturated heterocycles. The van der Waals surface area contributed by atoms with E-state index in [1.807, 2.05) is 56.4 Å². The maximum absolute atomic E-state index is 12.5. The predicted molar refractivity (Wildman–Crippen MR) is 107 cm³/mol. The van der Waals surface area contributed by atoms with Gasteiger partial charge in [0.2, 0.25) is 0 Å². The number of nitrogens with zero attached hydrogens (tertiary/aromatic N) is 2. The number of aromatic nitrogens is 1. The highest BCUT2D eigenvalue weighted by Gasteiger charge is 2.27. The van der Waals surface area contributed by atoms with E-state index in [2.05, 4.69) is 24.6 Å². The molecule has 0 fully saturated rings. The lowest BCUT2D eigenvalue weighted by Gasteiger charge is -2.24. The summed E-state index contributed by atoms with van der Waals surface area (Å²) in [6.45, 7) is 11.9. The highest BCUT2D eigenvalue weighted by molar-refractivity contribution is 7.99. The summed E-state index contributed by atoms with van der Waals surface area (Å²) in [5.74, 6) is 0.618. The van der Waals surface area contributed by atoms with Gasteiger partial charge in [0, 0.05) is 24.2 Å². The van der Waals surface area contributed by atoms with Crippen molar-refractivity contribution in [3.8, 4) is 5.75 Å². The molecule has 25 heavy (non-hydrogen) atoms. The van der Waals surface area contributed by atoms with E-state index in [1.165, 1.54) is 11.8 Å². The smallest absolute Gasteiger partial charge is 0.407 e. The second-order valence-electron chi connectivity index (χ2n) is 6.70. The number of amides is 1. The van der Waals surface area contributed by atoms with Gasteiger partial charge in [-0.25, -0.2) is 9.78 Å². The van der Waals surface area contributed by atoms with Crippen LogP contribution in [0.3, 0.4) is 0 Å². The highest BCUT2D eigenvalue weighted by atomic mass is 32.2. The van der Waals surface area contributed by atoms with Crippen LogP contribution in [0.25, 0.3) is 0 Å². The summed E-state index contributed by atoms with van der Waals surface area (Å²) >= 11 is 1.53. The first-order valence-corrected chi connectivity index (χ1v) is 12.9. The minimum Gasteiger partial charge on any atom is -0.407 e. The molecule has 1 aromatic heterocycles. The zero-order valence-electron chi connectivity index (χ0n) is 15.6. The van der Waals surface area contributed by atoms with Crippen LogP contribution >= 0.6 is 11.8 Å². The van der Waals surface area contributed by atoms with E-state index in [9.17, 15) is 4.79 Å². The Bertz CT molecular complexity index is 713. The quantitative estimate of drug-likeness (QED) is 0.692. The highest BCUT2D eigenvalue weighted by Crippen LogP contribution is 2.33. The van der Waals surface area contributed by atoms with Crippen molar-refractivity contribution in [1.29, 1.82) is 0 Å². The molecule has 134 valence electrons. The lowest BCUT2D eigenvalue weighted by Crippen LogP contribution is -2.41. The van der Waals surface area contributed by atoms with E-state index < -0.39 is 8.07 Å². The topological polar surface area (TPSA) is 42.4 Å². The summed E-state index contributed by atoms with van der Waals surface area (Å²) in [7, 11) is -1.70. The van der Waals surface area contributed by atoms with Gasteiger partial charge in [-0.05, 0) is 37.2 Å². The van der Waals surface area contributed by atoms with Gasteiger partial charge in [-0.3, -0.25) is 0 Å². The Hall–Kier alpha value is -1.79. The molecule has 1 heterocycles. The molecule has 2 rings (SSSR count). The van der Waals surface area contributed by atoms with Gasteiger partial charge in [0.15, 0.2) is 5.75 Å². The standard InChI is InChI=1S/C19H26N2O2SSi/c1-6-21(7-2)19(22)23-17-16(25(3,4)5)13-14-20-18(17)24-15-11-9-8-10-12-15/h8-14H,6-7H2,1-5H3. The van der Waals surface area contributed by atoms with E-state index in [-0.39, 0.29) is 6.09 Å². The minimum absolute atomic E-state index is 0.313. The van der Waals surface area contributed by atoms with Gasteiger partial charge in [0.25, 0.3) is 0 Å². The average Bonchev–Trinajstić information content (AvgIpc) is 2.57. The van der Waals surface area contributed by atoms with E-state index in [0.717, 1.165) is 15.1 Å². The van der Waals surface area contributed by atoms with Gasteiger partial charge in [-0.2, -0.15) is 0 Å². The maximum atomic E-state index is 12.5. The van der Waals surface area contributed by atoms with Crippen molar-refractivity contribution in [2.75, 3.05) is 13.1 Å². The number of carbonyl (C=O) groups is 1. The molecule has 0 N–H and O–H groups in total. The molecule has 0 spiro atoms. The van der Waals surface area contributed by atoms with Gasteiger partial charge >= 0.3 is 6.09 Å². The fourth-order valence-electron chi connectivity index (χ4n) is 2.42. The van der Waals surface area contributed by atoms with Crippen molar-refractivity contribution in [2.24, 2.45) is 0 Å². The third-order valence-electron chi connectivity index (χ3n) is 3.85. The molecule has 0 aliphatic heterocycles. The van der Waals surface area contributed by atoms with Gasteiger partial charge < -0.3 is 9.64 Å². The SMILES string of the molecule is CCN(CC)C(=O)Oc1c([Si](C)(C)C)ccnc1Sc1ccccc1. The number of hydrogen-bond donors (Lipinski definition) is 0. The fraction of sp³-hybridized carbons (Fsp3) is 0.368. The van der Waals surface area contributed by atoms with Crippen LogP contribution in [0.15, 0.2) is 52.5 Å². The molecule has 0 unspecified atom stereocenters. The lowest BCUT2D eigenvalue weighted by atomic mass is 10.4. The molecule has 1 aromatic carbocycles. The molecule has 0 aliphatic rings. The van der Waals surface area contributed by atoms with Gasteiger partial charge in [0.05, 0.1) is 8.07 Å². The molecular weight excluding hydrogens is 348 g/mol. The predicted octanol–water partition coefficient (Wildman–Crippen LogP) is 4.62. The summed E-state index contributed by atoms with van der Waals surface area (Å²) in [5, 5.41) is 1.85. The number of ether oxygens (including phenoxy) is 1. The Morgan fingerprint density at radius 1 is 1.12 bits per heavy atom. The van der Waals surface area contributed by atoms with Crippen molar-refractivity contribution < 1.29 is 9.53 Å². The van der Waals surface area contributed by atoms with Crippen molar-refractivity contribution in [3.05, 3.63) is 42.6 Å². The Morgan fingerprint density at radius 2 is 1.76 bits per heavy atom. The van der Waals surface area contributed by atoms with E-state index in [1.54, 1.807) is 4.90 Å². The third-order valence-corrected chi connectivity index (χ3v) is 6.85. The first kappa shape index (κ1) is 19.5. The summed E-state index contributed by atoms with van der Waals surface area (Å²) in [6, 6.07) is 12.0. The monoisotopic (exact) mass is 374 g/mol. The van der Waals surface area contributed by atoms with Crippen LogP contribution in [-0.4, -0.2) is 37.1 Å². The van der Waals surface area contributed by atoms with Crippen molar-refractivity contribution in [1.82, 2.24) is 9.88 Å². The van der Waals surface area contributed by atoms with E-state index in [0.29, 0.717) is 18.8 Å². The summed E-state index contributed by atoms with van der Waals surface area (Å²) in [4.78, 5) is 19.8. The molecule has 0 radical (unpaired) electrons. The number of rotatable bonds is 6. The Labute approximate surface area is 155 Å². The van der Waals surface area contributed by atoms with Crippen LogP contribution in [0.2, 0.25) is 19.6 Å². The zero-order valence-corrected chi connectivity index (χ0v) is 17.4. The molecule has 1 amide bonds. The lowest BCUT2D eigenvalue weighted by molar-refractivity contribution is 0.156. The number of pyridine rings is 1. The Kier molecular flexibility index (Phi) is 6.67. The van der Waals surface area contributed by atoms with Gasteiger partial charge in [-0.1, -0.05) is 49.6 Å². The van der Waals surface area contributed by atoms with Crippen LogP contribution in [0, 0.1) is 0 Å². The molecule has 2 aromatic rings. The first-order chi connectivity index (χ1) is 11.9. The van der Waals surface area contributed by atoms with E-state index in [4.69, 9.17) is 4.74 Å². The molecule has 0 aliphatic carbocycles. The Balaban J connectivity index is 2.43. The molecule has 4 nitrogen and oxygen atoms in total. The van der Waals surface area contributed by atoms with Crippen LogP contribution in [0.1, 0.15) is 13.8 Å². The van der Waals surface area contributed by atoms with Crippen LogP contribution in [0.4, 0.5) is 4.79 Å². The summed E-state index contributed by atoms with van der Waals surface area (Å²) in [5.41, 5.74) is 0. The van der Waals surface area contributed by atoms with Crippen LogP contribution in [-0.2, 0) is 0 Å². The average molecular weight is 375 g/mol. The molecule has 0 saturated carbocycles. The van der Waals surface area contributed by atoms with Gasteiger partial charge in [0.1, 0.15) is 5.03 Å². The Morgan fingerprint density at radius 3 is 2.32 bits per heavy atom. The molecule has 0 bridgehead atoms. The van der Waals surface area contributed by atoms with E-state index >= 15 is 0 Å². The van der Waals surface area contributed by atoms with Crippen LogP contribution in [0.5, 0.6) is 5.75 Å². The molecule has 0 atom stereocenters. The molecule has 6 heteroatoms. The zero-order chi connectivity index (χ0) is 18.4. The summed E-state index contributed by atoms with van der Waals surface area (Å²) < 4.78 is 5.86. The number of hydrogen-bond acceptors (Lipinski definition) is 4. The third kappa shape index (κ3) is 5.09. The minimum atomic E-state index is -1.70. The van der Waals surface area contributed by atoms with Crippen molar-refractivity contribution in [2.45, 2.75) is 43.4 Å². The van der Waals surface area contributed by atoms with Crippen LogP contribution < -0.4 is 9.92 Å². The molecular formula is C19H26N2O2SSi. The van der Waals surface area contributed by atoms with Crippen molar-refractivity contribution >= 4 is 31.1 Å². The fourth-order valence-corrected chi connectivity index (χ4v) is 4.81. The first-order valence-electron chi connectivity index (χ1n) is 8.56. The number of carbonyl (C=O) groups excluding carboxylic acids is 1. The van der Waals surface area contributed by atoms with Crippen molar-refractivity contribution in [3.63, 3.8) is 0 Å². The second kappa shape index (κ2) is 8.54.